The lowest BCUT2D eigenvalue weighted by atomic mass is 10.0. The fraction of sp³-hybridized carbons (Fsp3) is 0.136. The zero-order valence-corrected chi connectivity index (χ0v) is 18.9. The van der Waals surface area contributed by atoms with Crippen molar-refractivity contribution in [3.63, 3.8) is 0 Å². The first-order valence-electron chi connectivity index (χ1n) is 9.58. The molecule has 0 amide bonds. The number of sulfonamides is 1. The predicted octanol–water partition coefficient (Wildman–Crippen LogP) is 6.59. The lowest BCUT2D eigenvalue weighted by Crippen LogP contribution is -2.30. The molecule has 1 N–H and O–H groups in total. The molecule has 0 fully saturated rings. The van der Waals surface area contributed by atoms with Gasteiger partial charge in [0, 0.05) is 16.1 Å². The summed E-state index contributed by atoms with van der Waals surface area (Å²) in [5, 5.41) is 4.02. The first-order chi connectivity index (χ1) is 16.3. The van der Waals surface area contributed by atoms with Crippen LogP contribution in [0.4, 0.5) is 32.0 Å². The maximum absolute atomic E-state index is 12.9. The maximum atomic E-state index is 12.9. The Kier molecular flexibility index (Phi) is 7.65. The largest absolute Gasteiger partial charge is 0.516 e. The summed E-state index contributed by atoms with van der Waals surface area (Å²) in [7, 11) is -5.76. The zero-order valence-electron chi connectivity index (χ0n) is 17.4. The highest BCUT2D eigenvalue weighted by molar-refractivity contribution is 7.93. The van der Waals surface area contributed by atoms with Crippen LogP contribution in [-0.4, -0.2) is 19.6 Å². The zero-order chi connectivity index (χ0) is 25.9. The fourth-order valence-corrected chi connectivity index (χ4v) is 3.57. The third-order valence-electron chi connectivity index (χ3n) is 4.50. The van der Waals surface area contributed by atoms with E-state index in [1.54, 1.807) is 30.3 Å². The molecule has 0 atom stereocenters. The van der Waals surface area contributed by atoms with Crippen LogP contribution in [0.1, 0.15) is 22.3 Å². The van der Waals surface area contributed by atoms with Gasteiger partial charge in [-0.2, -0.15) is 34.8 Å². The third kappa shape index (κ3) is 6.67. The van der Waals surface area contributed by atoms with Crippen LogP contribution in [0.2, 0.25) is 5.02 Å². The quantitative estimate of drug-likeness (QED) is 0.210. The van der Waals surface area contributed by atoms with Crippen LogP contribution < -0.4 is 4.72 Å². The summed E-state index contributed by atoms with van der Waals surface area (Å²) < 4.78 is 102. The number of alkyl halides is 6. The third-order valence-corrected chi connectivity index (χ3v) is 5.83. The molecule has 0 unspecified atom stereocenters. The van der Waals surface area contributed by atoms with Crippen molar-refractivity contribution in [1.82, 2.24) is 0 Å². The number of oxime groups is 1. The number of hydrogen-bond acceptors (Lipinski definition) is 4. The van der Waals surface area contributed by atoms with Crippen molar-refractivity contribution in [3.05, 3.63) is 100 Å². The predicted molar refractivity (Wildman–Crippen MR) is 118 cm³/mol. The summed E-state index contributed by atoms with van der Waals surface area (Å²) in [6.45, 7) is -0.279. The Labute approximate surface area is 201 Å². The van der Waals surface area contributed by atoms with Gasteiger partial charge in [0.25, 0.3) is 0 Å². The van der Waals surface area contributed by atoms with E-state index in [2.05, 4.69) is 5.16 Å². The summed E-state index contributed by atoms with van der Waals surface area (Å²) in [5.74, 6) is 0. The lowest BCUT2D eigenvalue weighted by molar-refractivity contribution is -0.137. The van der Waals surface area contributed by atoms with Gasteiger partial charge in [-0.05, 0) is 35.9 Å². The number of halogens is 7. The molecule has 0 spiro atoms. The van der Waals surface area contributed by atoms with Gasteiger partial charge in [-0.3, -0.25) is 4.72 Å². The van der Waals surface area contributed by atoms with Crippen LogP contribution >= 0.6 is 11.6 Å². The number of hydrogen-bond donors (Lipinski definition) is 1. The van der Waals surface area contributed by atoms with Crippen LogP contribution in [0.5, 0.6) is 0 Å². The van der Waals surface area contributed by atoms with Crippen molar-refractivity contribution >= 4 is 33.0 Å². The number of rotatable bonds is 7. The standard InChI is InChI=1S/C22H15ClF6N2O3S/c23-17-10-11-19(31-35(32,33)22(27,28)29)18(12-17)20(15-4-2-1-3-5-15)30-34-13-14-6-8-16(9-7-14)21(24,25)26/h1-12,31H,13H2. The molecule has 0 aliphatic carbocycles. The van der Waals surface area contributed by atoms with Gasteiger partial charge in [0.05, 0.1) is 11.3 Å². The van der Waals surface area contributed by atoms with Crippen molar-refractivity contribution < 1.29 is 39.6 Å². The number of benzene rings is 3. The van der Waals surface area contributed by atoms with Gasteiger partial charge in [0.1, 0.15) is 12.3 Å². The van der Waals surface area contributed by atoms with Crippen molar-refractivity contribution in [2.24, 2.45) is 5.16 Å². The second-order valence-corrected chi connectivity index (χ2v) is 9.13. The van der Waals surface area contributed by atoms with E-state index in [1.807, 2.05) is 0 Å². The van der Waals surface area contributed by atoms with Crippen molar-refractivity contribution in [1.29, 1.82) is 0 Å². The van der Waals surface area contributed by atoms with E-state index in [9.17, 15) is 34.8 Å². The Morgan fingerprint density at radius 3 is 2.11 bits per heavy atom. The molecule has 0 aliphatic rings. The minimum absolute atomic E-state index is 0.0695. The topological polar surface area (TPSA) is 67.8 Å². The Hall–Kier alpha value is -3.25. The van der Waals surface area contributed by atoms with E-state index >= 15 is 0 Å². The second kappa shape index (κ2) is 10.2. The molecule has 3 rings (SSSR count). The molecule has 0 bridgehead atoms. The molecule has 0 saturated carbocycles. The van der Waals surface area contributed by atoms with Crippen molar-refractivity contribution in [2.75, 3.05) is 4.72 Å². The monoisotopic (exact) mass is 536 g/mol. The van der Waals surface area contributed by atoms with E-state index in [1.165, 1.54) is 29.0 Å². The van der Waals surface area contributed by atoms with Crippen molar-refractivity contribution in [3.8, 4) is 0 Å². The smallest absolute Gasteiger partial charge is 0.390 e. The first kappa shape index (κ1) is 26.4. The molecule has 0 aliphatic heterocycles. The molecule has 3 aromatic rings. The highest BCUT2D eigenvalue weighted by Crippen LogP contribution is 2.31. The molecule has 0 radical (unpaired) electrons. The molecule has 3 aromatic carbocycles. The molecule has 13 heteroatoms. The summed E-state index contributed by atoms with van der Waals surface area (Å²) in [6.07, 6.45) is -4.51. The second-order valence-electron chi connectivity index (χ2n) is 7.02. The Morgan fingerprint density at radius 2 is 1.54 bits per heavy atom. The van der Waals surface area contributed by atoms with Gasteiger partial charge in [-0.25, -0.2) is 0 Å². The Morgan fingerprint density at radius 1 is 0.914 bits per heavy atom. The average molecular weight is 537 g/mol. The minimum atomic E-state index is -5.76. The van der Waals surface area contributed by atoms with E-state index in [0.717, 1.165) is 18.2 Å². The van der Waals surface area contributed by atoms with Gasteiger partial charge in [0.15, 0.2) is 0 Å². The van der Waals surface area contributed by atoms with Gasteiger partial charge >= 0.3 is 21.7 Å². The van der Waals surface area contributed by atoms with Gasteiger partial charge in [-0.15, -0.1) is 0 Å². The summed E-state index contributed by atoms with van der Waals surface area (Å²) in [4.78, 5) is 5.27. The van der Waals surface area contributed by atoms with Crippen LogP contribution in [0.3, 0.4) is 0 Å². The first-order valence-corrected chi connectivity index (χ1v) is 11.4. The SMILES string of the molecule is O=S(=O)(Nc1ccc(Cl)cc1C(=NOCc1ccc(C(F)(F)F)cc1)c1ccccc1)C(F)(F)F. The lowest BCUT2D eigenvalue weighted by Gasteiger charge is -2.16. The van der Waals surface area contributed by atoms with Gasteiger partial charge in [0.2, 0.25) is 0 Å². The van der Waals surface area contributed by atoms with Crippen LogP contribution in [0.15, 0.2) is 78.0 Å². The minimum Gasteiger partial charge on any atom is -0.390 e. The molecule has 186 valence electrons. The molecule has 0 heterocycles. The van der Waals surface area contributed by atoms with Crippen LogP contribution in [0.25, 0.3) is 0 Å². The number of nitrogens with one attached hydrogen (secondary N) is 1. The van der Waals surface area contributed by atoms with E-state index < -0.39 is 33.0 Å². The van der Waals surface area contributed by atoms with Gasteiger partial charge < -0.3 is 4.84 Å². The summed E-state index contributed by atoms with van der Waals surface area (Å²) in [5.41, 5.74) is -6.41. The molecular weight excluding hydrogens is 522 g/mol. The Bertz CT molecular complexity index is 1310. The highest BCUT2D eigenvalue weighted by atomic mass is 35.5. The van der Waals surface area contributed by atoms with E-state index in [-0.39, 0.29) is 22.9 Å². The van der Waals surface area contributed by atoms with Crippen LogP contribution in [0, 0.1) is 0 Å². The normalized spacial score (nSPS) is 12.9. The van der Waals surface area contributed by atoms with Gasteiger partial charge in [-0.1, -0.05) is 59.2 Å². The molecule has 0 aromatic heterocycles. The Balaban J connectivity index is 1.98. The molecule has 0 saturated heterocycles. The highest BCUT2D eigenvalue weighted by Gasteiger charge is 2.46. The fourth-order valence-electron chi connectivity index (χ4n) is 2.82. The summed E-state index contributed by atoms with van der Waals surface area (Å²) in [6, 6.07) is 15.5. The number of nitrogens with zero attached hydrogens (tertiary/aromatic N) is 1. The van der Waals surface area contributed by atoms with Crippen LogP contribution in [-0.2, 0) is 27.6 Å². The number of anilines is 1. The maximum Gasteiger partial charge on any atom is 0.516 e. The van der Waals surface area contributed by atoms with E-state index in [0.29, 0.717) is 11.1 Å². The molecule has 5 nitrogen and oxygen atoms in total. The van der Waals surface area contributed by atoms with Crippen molar-refractivity contribution in [2.45, 2.75) is 18.3 Å². The average Bonchev–Trinajstić information content (AvgIpc) is 2.77. The summed E-state index contributed by atoms with van der Waals surface area (Å²) >= 11 is 6.00. The molecular formula is C22H15ClF6N2O3S. The van der Waals surface area contributed by atoms with E-state index in [4.69, 9.17) is 16.4 Å². The molecule has 35 heavy (non-hydrogen) atoms.